The van der Waals surface area contributed by atoms with Crippen LogP contribution in [0.3, 0.4) is 0 Å². The molecule has 3 aliphatic heterocycles. The molecule has 7 heteroatoms. The van der Waals surface area contributed by atoms with Crippen LogP contribution in [0.2, 0.25) is 0 Å². The molecule has 0 aromatic heterocycles. The van der Waals surface area contributed by atoms with Gasteiger partial charge in [0.05, 0.1) is 25.4 Å². The second-order valence-corrected chi connectivity index (χ2v) is 7.49. The van der Waals surface area contributed by atoms with Gasteiger partial charge >= 0.3 is 6.03 Å². The van der Waals surface area contributed by atoms with Crippen LogP contribution in [-0.4, -0.2) is 73.8 Å². The van der Waals surface area contributed by atoms with Crippen molar-refractivity contribution < 1.29 is 19.1 Å². The lowest BCUT2D eigenvalue weighted by Crippen LogP contribution is -2.52. The zero-order valence-electron chi connectivity index (χ0n) is 15.8. The van der Waals surface area contributed by atoms with Crippen molar-refractivity contribution in [3.8, 4) is 5.75 Å². The molecule has 0 saturated carbocycles. The first-order valence-electron chi connectivity index (χ1n) is 9.82. The van der Waals surface area contributed by atoms with E-state index >= 15 is 0 Å². The van der Waals surface area contributed by atoms with Gasteiger partial charge in [-0.15, -0.1) is 0 Å². The lowest BCUT2D eigenvalue weighted by atomic mass is 9.95. The Bertz CT molecular complexity index is 696. The zero-order valence-corrected chi connectivity index (χ0v) is 15.8. The van der Waals surface area contributed by atoms with Crippen LogP contribution >= 0.6 is 0 Å². The molecule has 3 heterocycles. The minimum absolute atomic E-state index is 0.00914. The van der Waals surface area contributed by atoms with Crippen LogP contribution in [0.25, 0.3) is 0 Å². The number of nitrogens with zero attached hydrogens (tertiary/aromatic N) is 3. The van der Waals surface area contributed by atoms with Gasteiger partial charge < -0.3 is 19.3 Å². The van der Waals surface area contributed by atoms with Crippen molar-refractivity contribution in [2.45, 2.75) is 25.9 Å². The molecule has 0 radical (unpaired) electrons. The van der Waals surface area contributed by atoms with Gasteiger partial charge in [0, 0.05) is 32.1 Å². The Labute approximate surface area is 159 Å². The van der Waals surface area contributed by atoms with E-state index in [0.29, 0.717) is 45.9 Å². The fraction of sp³-hybridized carbons (Fsp3) is 0.600. The minimum Gasteiger partial charge on any atom is -0.487 e. The number of hydrogen-bond acceptors (Lipinski definition) is 4. The topological polar surface area (TPSA) is 62.3 Å². The highest BCUT2D eigenvalue weighted by molar-refractivity contribution is 5.94. The summed E-state index contributed by atoms with van der Waals surface area (Å²) in [5.41, 5.74) is 0.826. The Morgan fingerprint density at radius 3 is 2.44 bits per heavy atom. The Morgan fingerprint density at radius 1 is 1.00 bits per heavy atom. The van der Waals surface area contributed by atoms with Crippen molar-refractivity contribution in [2.75, 3.05) is 50.8 Å². The molecule has 0 N–H and O–H groups in total. The second kappa shape index (κ2) is 7.76. The highest BCUT2D eigenvalue weighted by Gasteiger charge is 2.35. The molecule has 146 valence electrons. The largest absolute Gasteiger partial charge is 0.487 e. The molecule has 0 unspecified atom stereocenters. The second-order valence-electron chi connectivity index (χ2n) is 7.49. The van der Waals surface area contributed by atoms with Crippen LogP contribution in [0.1, 0.15) is 19.8 Å². The molecular weight excluding hydrogens is 346 g/mol. The first kappa shape index (κ1) is 18.1. The number of fused-ring (bicyclic) bond motifs is 1. The van der Waals surface area contributed by atoms with Crippen LogP contribution in [0.5, 0.6) is 5.75 Å². The summed E-state index contributed by atoms with van der Waals surface area (Å²) in [6.07, 6.45) is 1.41. The van der Waals surface area contributed by atoms with Crippen molar-refractivity contribution >= 4 is 17.6 Å². The van der Waals surface area contributed by atoms with Crippen molar-refractivity contribution in [3.05, 3.63) is 24.3 Å². The van der Waals surface area contributed by atoms with E-state index in [0.717, 1.165) is 24.3 Å². The molecule has 7 nitrogen and oxygen atoms in total. The molecule has 1 aromatic carbocycles. The summed E-state index contributed by atoms with van der Waals surface area (Å²) in [6.45, 7) is 6.36. The summed E-state index contributed by atoms with van der Waals surface area (Å²) in [5, 5.41) is 0. The fourth-order valence-corrected chi connectivity index (χ4v) is 4.10. The maximum Gasteiger partial charge on any atom is 0.324 e. The summed E-state index contributed by atoms with van der Waals surface area (Å²) in [6, 6.07) is 7.68. The number of likely N-dealkylation sites (tertiary alicyclic amines) is 1. The number of benzene rings is 1. The number of hydrogen-bond donors (Lipinski definition) is 0. The number of amides is 3. The van der Waals surface area contributed by atoms with Crippen LogP contribution in [0.4, 0.5) is 10.5 Å². The summed E-state index contributed by atoms with van der Waals surface area (Å²) in [7, 11) is 0. The summed E-state index contributed by atoms with van der Waals surface area (Å²) in [4.78, 5) is 31.4. The van der Waals surface area contributed by atoms with Crippen molar-refractivity contribution in [2.24, 2.45) is 5.92 Å². The molecule has 27 heavy (non-hydrogen) atoms. The van der Waals surface area contributed by atoms with Crippen LogP contribution in [-0.2, 0) is 9.53 Å². The first-order valence-corrected chi connectivity index (χ1v) is 9.82. The number of carbonyl (C=O) groups excluding carboxylic acids is 2. The molecule has 0 spiro atoms. The number of urea groups is 1. The molecule has 4 rings (SSSR count). The SMILES string of the molecule is C[C@H]1CN(C(=O)N2CCC(C(=O)N3CCOCC3)CC2)c2ccccc2O1. The number of carbonyl (C=O) groups is 2. The minimum atomic E-state index is -0.0377. The highest BCUT2D eigenvalue weighted by atomic mass is 16.5. The molecule has 0 bridgehead atoms. The van der Waals surface area contributed by atoms with Crippen LogP contribution in [0, 0.1) is 5.92 Å². The van der Waals surface area contributed by atoms with Crippen molar-refractivity contribution in [1.29, 1.82) is 0 Å². The van der Waals surface area contributed by atoms with E-state index in [1.807, 2.05) is 45.9 Å². The van der Waals surface area contributed by atoms with Crippen molar-refractivity contribution in [1.82, 2.24) is 9.80 Å². The lowest BCUT2D eigenvalue weighted by molar-refractivity contribution is -0.141. The van der Waals surface area contributed by atoms with Gasteiger partial charge in [0.15, 0.2) is 0 Å². The van der Waals surface area contributed by atoms with Crippen LogP contribution in [0.15, 0.2) is 24.3 Å². The number of para-hydroxylation sites is 2. The van der Waals surface area contributed by atoms with E-state index in [1.165, 1.54) is 0 Å². The lowest BCUT2D eigenvalue weighted by Gasteiger charge is -2.40. The van der Waals surface area contributed by atoms with E-state index in [2.05, 4.69) is 0 Å². The van der Waals surface area contributed by atoms with Gasteiger partial charge in [0.1, 0.15) is 11.9 Å². The van der Waals surface area contributed by atoms with E-state index in [9.17, 15) is 9.59 Å². The van der Waals surface area contributed by atoms with E-state index in [4.69, 9.17) is 9.47 Å². The van der Waals surface area contributed by atoms with Gasteiger partial charge in [-0.25, -0.2) is 4.79 Å². The standard InChI is InChI=1S/C20H27N3O4/c1-15-14-23(17-4-2-3-5-18(17)27-15)20(25)22-8-6-16(7-9-22)19(24)21-10-12-26-13-11-21/h2-5,15-16H,6-14H2,1H3/t15-/m0/s1. The summed E-state index contributed by atoms with van der Waals surface area (Å²) in [5.74, 6) is 0.987. The third-order valence-corrected chi connectivity index (χ3v) is 5.59. The normalized spacial score (nSPS) is 23.6. The number of morpholine rings is 1. The molecule has 2 saturated heterocycles. The Hall–Kier alpha value is -2.28. The number of piperidine rings is 1. The predicted octanol–water partition coefficient (Wildman–Crippen LogP) is 1.96. The number of ether oxygens (including phenoxy) is 2. The maximum absolute atomic E-state index is 13.1. The van der Waals surface area contributed by atoms with Gasteiger partial charge in [-0.05, 0) is 31.9 Å². The number of rotatable bonds is 1. The third-order valence-electron chi connectivity index (χ3n) is 5.59. The van der Waals surface area contributed by atoms with Gasteiger partial charge in [0.25, 0.3) is 0 Å². The van der Waals surface area contributed by atoms with Gasteiger partial charge in [-0.1, -0.05) is 12.1 Å². The van der Waals surface area contributed by atoms with Gasteiger partial charge in [0.2, 0.25) is 5.91 Å². The zero-order chi connectivity index (χ0) is 18.8. The first-order chi connectivity index (χ1) is 13.1. The average molecular weight is 373 g/mol. The maximum atomic E-state index is 13.1. The molecule has 3 aliphatic rings. The van der Waals surface area contributed by atoms with Gasteiger partial charge in [-0.3, -0.25) is 9.69 Å². The average Bonchev–Trinajstić information content (AvgIpc) is 2.73. The monoisotopic (exact) mass is 373 g/mol. The highest BCUT2D eigenvalue weighted by Crippen LogP contribution is 2.34. The van der Waals surface area contributed by atoms with Crippen LogP contribution < -0.4 is 9.64 Å². The third kappa shape index (κ3) is 3.74. The summed E-state index contributed by atoms with van der Waals surface area (Å²) >= 11 is 0. The number of anilines is 1. The fourth-order valence-electron chi connectivity index (χ4n) is 4.10. The molecule has 1 aromatic rings. The van der Waals surface area contributed by atoms with Gasteiger partial charge in [-0.2, -0.15) is 0 Å². The molecule has 2 fully saturated rings. The Balaban J connectivity index is 1.38. The van der Waals surface area contributed by atoms with E-state index in [1.54, 1.807) is 0 Å². The molecular formula is C20H27N3O4. The molecule has 3 amide bonds. The molecule has 0 aliphatic carbocycles. The molecule has 1 atom stereocenters. The quantitative estimate of drug-likeness (QED) is 0.755. The Morgan fingerprint density at radius 2 is 1.70 bits per heavy atom. The smallest absolute Gasteiger partial charge is 0.324 e. The Kier molecular flexibility index (Phi) is 5.20. The van der Waals surface area contributed by atoms with Crippen molar-refractivity contribution in [3.63, 3.8) is 0 Å². The predicted molar refractivity (Wildman–Crippen MR) is 101 cm³/mol. The summed E-state index contributed by atoms with van der Waals surface area (Å²) < 4.78 is 11.2. The van der Waals surface area contributed by atoms with E-state index in [-0.39, 0.29) is 24.0 Å². The van der Waals surface area contributed by atoms with E-state index < -0.39 is 0 Å².